The van der Waals surface area contributed by atoms with Gasteiger partial charge in [-0.25, -0.2) is 19.2 Å². The number of ether oxygens (including phenoxy) is 6. The number of hydrogen-bond donors (Lipinski definition) is 4. The number of rotatable bonds is 19. The Bertz CT molecular complexity index is 827. The van der Waals surface area contributed by atoms with Gasteiger partial charge in [0.05, 0.1) is 32.6 Å². The number of carbonyl (C=O) groups excluding carboxylic acids is 4. The molecule has 1 unspecified atom stereocenters. The molecule has 4 N–H and O–H groups in total. The van der Waals surface area contributed by atoms with Crippen molar-refractivity contribution in [1.29, 1.82) is 0 Å². The average molecular weight is 554 g/mol. The molecule has 37 heavy (non-hydrogen) atoms. The lowest BCUT2D eigenvalue weighted by atomic mass is 10.4. The Morgan fingerprint density at radius 3 is 1.65 bits per heavy atom. The van der Waals surface area contributed by atoms with Crippen molar-refractivity contribution in [3.8, 4) is 0 Å². The summed E-state index contributed by atoms with van der Waals surface area (Å²) in [7, 11) is -4.60. The van der Waals surface area contributed by atoms with Crippen molar-refractivity contribution in [2.24, 2.45) is 0 Å². The molecule has 0 bridgehead atoms. The monoisotopic (exact) mass is 554 g/mol. The quantitative estimate of drug-likeness (QED) is 0.0556. The number of amides is 2. The summed E-state index contributed by atoms with van der Waals surface area (Å²) in [6.45, 7) is 9.56. The number of hydrogen-bond acceptors (Lipinski definition) is 11. The van der Waals surface area contributed by atoms with Crippen molar-refractivity contribution < 1.29 is 62.0 Å². The van der Waals surface area contributed by atoms with E-state index in [1.165, 1.54) is 13.8 Å². The van der Waals surface area contributed by atoms with E-state index in [0.717, 1.165) is 0 Å². The van der Waals surface area contributed by atoms with Gasteiger partial charge >= 0.3 is 31.7 Å². The van der Waals surface area contributed by atoms with Gasteiger partial charge in [0.1, 0.15) is 25.9 Å². The first-order valence-corrected chi connectivity index (χ1v) is 12.8. The summed E-state index contributed by atoms with van der Waals surface area (Å²) in [4.78, 5) is 64.4. The van der Waals surface area contributed by atoms with Crippen LogP contribution in [0.25, 0.3) is 0 Å². The molecular weight excluding hydrogens is 519 g/mol. The Kier molecular flexibility index (Phi) is 17.6. The molecule has 0 aliphatic rings. The number of nitrogens with one attached hydrogen (secondary N) is 2. The van der Waals surface area contributed by atoms with E-state index in [-0.39, 0.29) is 63.9 Å². The Labute approximate surface area is 214 Å². The molecule has 0 aliphatic heterocycles. The van der Waals surface area contributed by atoms with Gasteiger partial charge in [-0.15, -0.1) is 0 Å². The standard InChI is InChI=1S/C21H35N2O13P/c1-15(2)18(24)33-11-9-31-7-5-22-20(26)35-13-17(14-37(28,29)30)36-21(27)23-6-8-32-10-12-34-19(25)16(3)4/h17H,1,3,5-14H2,2,4H3,(H,22,26)(H,23,27)(H2,28,29,30). The third-order valence-corrected chi connectivity index (χ3v) is 4.65. The number of carbonyl (C=O) groups is 4. The fraction of sp³-hybridized carbons (Fsp3) is 0.619. The summed E-state index contributed by atoms with van der Waals surface area (Å²) in [6.07, 6.45) is -4.24. The SMILES string of the molecule is C=C(C)C(=O)OCCOCCNC(=O)OCC(CP(=O)(O)O)OC(=O)NCCOCCOC(=O)C(=C)C. The Hall–Kier alpha value is -2.97. The molecule has 0 aliphatic carbocycles. The number of alkyl carbamates (subject to hydrolysis) is 2. The molecule has 0 saturated carbocycles. The minimum atomic E-state index is -4.60. The maximum atomic E-state index is 11.9. The van der Waals surface area contributed by atoms with Crippen LogP contribution in [0.4, 0.5) is 9.59 Å². The van der Waals surface area contributed by atoms with Crippen LogP contribution in [0.1, 0.15) is 13.8 Å². The van der Waals surface area contributed by atoms with Crippen LogP contribution in [0, 0.1) is 0 Å². The molecule has 0 aromatic carbocycles. The zero-order valence-electron chi connectivity index (χ0n) is 20.9. The molecule has 15 nitrogen and oxygen atoms in total. The topological polar surface area (TPSA) is 205 Å². The van der Waals surface area contributed by atoms with Gasteiger partial charge in [0.15, 0.2) is 0 Å². The molecule has 0 heterocycles. The first-order valence-electron chi connectivity index (χ1n) is 11.0. The van der Waals surface area contributed by atoms with Crippen LogP contribution in [0.15, 0.2) is 24.3 Å². The molecule has 0 aromatic heterocycles. The van der Waals surface area contributed by atoms with E-state index >= 15 is 0 Å². The zero-order valence-corrected chi connectivity index (χ0v) is 21.8. The molecule has 0 fully saturated rings. The molecule has 1 atom stereocenters. The fourth-order valence-electron chi connectivity index (χ4n) is 2.09. The highest BCUT2D eigenvalue weighted by Gasteiger charge is 2.26. The van der Waals surface area contributed by atoms with E-state index < -0.39 is 50.6 Å². The van der Waals surface area contributed by atoms with E-state index in [0.29, 0.717) is 0 Å². The van der Waals surface area contributed by atoms with Crippen LogP contribution in [0.5, 0.6) is 0 Å². The molecule has 0 saturated heterocycles. The molecule has 0 radical (unpaired) electrons. The third kappa shape index (κ3) is 20.9. The lowest BCUT2D eigenvalue weighted by molar-refractivity contribution is -0.141. The zero-order chi connectivity index (χ0) is 28.3. The van der Waals surface area contributed by atoms with Gasteiger partial charge < -0.3 is 48.8 Å². The van der Waals surface area contributed by atoms with E-state index in [9.17, 15) is 33.5 Å². The van der Waals surface area contributed by atoms with Crippen LogP contribution in [0.3, 0.4) is 0 Å². The van der Waals surface area contributed by atoms with Crippen LogP contribution in [-0.4, -0.2) is 106 Å². The van der Waals surface area contributed by atoms with Crippen molar-refractivity contribution in [3.63, 3.8) is 0 Å². The lowest BCUT2D eigenvalue weighted by Gasteiger charge is -2.19. The van der Waals surface area contributed by atoms with Crippen LogP contribution < -0.4 is 10.6 Å². The van der Waals surface area contributed by atoms with Gasteiger partial charge in [0.2, 0.25) is 0 Å². The van der Waals surface area contributed by atoms with E-state index in [1.54, 1.807) is 0 Å². The summed E-state index contributed by atoms with van der Waals surface area (Å²) < 4.78 is 41.0. The molecule has 212 valence electrons. The molecule has 16 heteroatoms. The Balaban J connectivity index is 4.15. The van der Waals surface area contributed by atoms with Crippen LogP contribution in [0.2, 0.25) is 0 Å². The second-order valence-corrected chi connectivity index (χ2v) is 9.08. The Morgan fingerprint density at radius 2 is 1.22 bits per heavy atom. The van der Waals surface area contributed by atoms with Crippen molar-refractivity contribution in [3.05, 3.63) is 24.3 Å². The van der Waals surface area contributed by atoms with Crippen LogP contribution >= 0.6 is 7.60 Å². The first kappa shape index (κ1) is 34.0. The minimum Gasteiger partial charge on any atom is -0.460 e. The summed E-state index contributed by atoms with van der Waals surface area (Å²) in [5, 5.41) is 4.64. The second-order valence-electron chi connectivity index (χ2n) is 7.38. The molecule has 0 rings (SSSR count). The third-order valence-electron chi connectivity index (χ3n) is 3.77. The highest BCUT2D eigenvalue weighted by molar-refractivity contribution is 7.51. The molecule has 0 spiro atoms. The van der Waals surface area contributed by atoms with E-state index in [4.69, 9.17) is 28.4 Å². The van der Waals surface area contributed by atoms with Gasteiger partial charge in [0, 0.05) is 24.2 Å². The van der Waals surface area contributed by atoms with Gasteiger partial charge in [-0.2, -0.15) is 0 Å². The average Bonchev–Trinajstić information content (AvgIpc) is 2.79. The van der Waals surface area contributed by atoms with Gasteiger partial charge in [-0.05, 0) is 13.8 Å². The number of esters is 2. The van der Waals surface area contributed by atoms with Crippen molar-refractivity contribution in [2.75, 3.05) is 65.5 Å². The fourth-order valence-corrected chi connectivity index (χ4v) is 2.80. The predicted octanol–water partition coefficient (Wildman–Crippen LogP) is 0.257. The second kappa shape index (κ2) is 19.2. The molecular formula is C21H35N2O13P. The lowest BCUT2D eigenvalue weighted by Crippen LogP contribution is -2.37. The highest BCUT2D eigenvalue weighted by Crippen LogP contribution is 2.35. The van der Waals surface area contributed by atoms with E-state index in [2.05, 4.69) is 23.8 Å². The largest absolute Gasteiger partial charge is 0.460 e. The van der Waals surface area contributed by atoms with Gasteiger partial charge in [-0.1, -0.05) is 13.2 Å². The maximum absolute atomic E-state index is 11.9. The summed E-state index contributed by atoms with van der Waals surface area (Å²) in [5.74, 6) is -1.09. The predicted molar refractivity (Wildman–Crippen MR) is 128 cm³/mol. The van der Waals surface area contributed by atoms with Gasteiger partial charge in [-0.3, -0.25) is 4.57 Å². The Morgan fingerprint density at radius 1 is 0.757 bits per heavy atom. The summed E-state index contributed by atoms with van der Waals surface area (Å²) >= 11 is 0. The van der Waals surface area contributed by atoms with E-state index in [1.807, 2.05) is 0 Å². The summed E-state index contributed by atoms with van der Waals surface area (Å²) in [5.41, 5.74) is 0.508. The maximum Gasteiger partial charge on any atom is 0.407 e. The van der Waals surface area contributed by atoms with Crippen molar-refractivity contribution in [1.82, 2.24) is 10.6 Å². The first-order chi connectivity index (χ1) is 17.3. The van der Waals surface area contributed by atoms with Crippen LogP contribution in [-0.2, 0) is 42.6 Å². The van der Waals surface area contributed by atoms with Crippen molar-refractivity contribution >= 4 is 31.7 Å². The smallest absolute Gasteiger partial charge is 0.407 e. The summed E-state index contributed by atoms with van der Waals surface area (Å²) in [6, 6.07) is 0. The normalized spacial score (nSPS) is 11.6. The highest BCUT2D eigenvalue weighted by atomic mass is 31.2. The van der Waals surface area contributed by atoms with Crippen molar-refractivity contribution in [2.45, 2.75) is 20.0 Å². The van der Waals surface area contributed by atoms with Gasteiger partial charge in [0.25, 0.3) is 0 Å². The minimum absolute atomic E-state index is 0.00307. The molecule has 0 aromatic rings. The molecule has 2 amide bonds.